The van der Waals surface area contributed by atoms with E-state index in [0.29, 0.717) is 18.1 Å². The zero-order chi connectivity index (χ0) is 20.4. The van der Waals surface area contributed by atoms with Crippen molar-refractivity contribution < 1.29 is 24.5 Å². The third kappa shape index (κ3) is 1.95. The highest BCUT2D eigenvalue weighted by Gasteiger charge is 2.76. The highest BCUT2D eigenvalue weighted by molar-refractivity contribution is 5.95. The molecule has 5 aliphatic rings. The molecular formula is C23H32O5. The Bertz CT molecular complexity index is 823. The van der Waals surface area contributed by atoms with E-state index < -0.39 is 29.0 Å². The molecule has 2 bridgehead atoms. The molecule has 0 radical (unpaired) electrons. The largest absolute Gasteiger partial charge is 0.386 e. The van der Waals surface area contributed by atoms with Gasteiger partial charge in [-0.3, -0.25) is 4.79 Å². The van der Waals surface area contributed by atoms with Crippen LogP contribution in [0, 0.1) is 34.5 Å². The van der Waals surface area contributed by atoms with Gasteiger partial charge in [-0.15, -0.1) is 0 Å². The van der Waals surface area contributed by atoms with Gasteiger partial charge in [0.2, 0.25) is 0 Å². The number of carbonyl (C=O) groups excluding carboxylic acids is 1. The number of Topliss-reactive ketones (excluding diaryl/α,β-unsaturated/α-hetero) is 1. The minimum absolute atomic E-state index is 0.0415. The lowest BCUT2D eigenvalue weighted by atomic mass is 9.59. The second-order valence-electron chi connectivity index (χ2n) is 10.9. The van der Waals surface area contributed by atoms with Gasteiger partial charge in [0.05, 0.1) is 12.0 Å². The molecule has 1 spiro atoms. The number of allylic oxidation sites excluding steroid dienone is 1. The maximum Gasteiger partial charge on any atom is 0.164 e. The van der Waals surface area contributed by atoms with Crippen molar-refractivity contribution in [2.45, 2.75) is 71.6 Å². The molecule has 154 valence electrons. The quantitative estimate of drug-likeness (QED) is 0.624. The van der Waals surface area contributed by atoms with Gasteiger partial charge >= 0.3 is 0 Å². The highest BCUT2D eigenvalue weighted by Crippen LogP contribution is 2.72. The molecule has 4 aliphatic carbocycles. The highest BCUT2D eigenvalue weighted by atomic mass is 16.7. The van der Waals surface area contributed by atoms with Crippen LogP contribution in [-0.4, -0.2) is 46.2 Å². The lowest BCUT2D eigenvalue weighted by Gasteiger charge is -2.52. The van der Waals surface area contributed by atoms with Crippen molar-refractivity contribution in [3.8, 4) is 0 Å². The van der Waals surface area contributed by atoms with Gasteiger partial charge in [-0.2, -0.15) is 0 Å². The van der Waals surface area contributed by atoms with Crippen molar-refractivity contribution in [1.29, 1.82) is 0 Å². The van der Waals surface area contributed by atoms with E-state index in [4.69, 9.17) is 9.47 Å². The summed E-state index contributed by atoms with van der Waals surface area (Å²) < 4.78 is 12.1. The Balaban J connectivity index is 1.77. The maximum atomic E-state index is 14.1. The molecular weight excluding hydrogens is 356 g/mol. The fourth-order valence-corrected chi connectivity index (χ4v) is 7.14. The number of aliphatic hydroxyl groups excluding tert-OH is 1. The van der Waals surface area contributed by atoms with E-state index >= 15 is 0 Å². The summed E-state index contributed by atoms with van der Waals surface area (Å²) in [7, 11) is 0. The predicted octanol–water partition coefficient (Wildman–Crippen LogP) is 2.61. The van der Waals surface area contributed by atoms with Crippen molar-refractivity contribution in [3.63, 3.8) is 0 Å². The molecule has 5 rings (SSSR count). The van der Waals surface area contributed by atoms with E-state index in [9.17, 15) is 15.0 Å². The SMILES string of the molecule is CC1=C[C@@]23C(=O)[C@@H](C=C4COC(C)(C)O[C@H]4[C@]2(O)[C@H]1O)[C@@H]1[C@@H](C[C@H]3C)C1(C)C. The van der Waals surface area contributed by atoms with Crippen LogP contribution in [0.2, 0.25) is 0 Å². The molecule has 1 saturated heterocycles. The molecule has 1 heterocycles. The third-order valence-electron chi connectivity index (χ3n) is 8.71. The van der Waals surface area contributed by atoms with Crippen LogP contribution in [0.25, 0.3) is 0 Å². The smallest absolute Gasteiger partial charge is 0.164 e. The number of fused-ring (bicyclic) bond motifs is 5. The Morgan fingerprint density at radius 1 is 1.21 bits per heavy atom. The van der Waals surface area contributed by atoms with Gasteiger partial charge in [0.25, 0.3) is 0 Å². The van der Waals surface area contributed by atoms with Gasteiger partial charge in [-0.25, -0.2) is 0 Å². The van der Waals surface area contributed by atoms with Crippen LogP contribution in [0.15, 0.2) is 23.3 Å². The Labute approximate surface area is 166 Å². The van der Waals surface area contributed by atoms with Crippen molar-refractivity contribution >= 4 is 5.78 Å². The number of ether oxygens (including phenoxy) is 2. The van der Waals surface area contributed by atoms with Gasteiger partial charge in [-0.1, -0.05) is 32.9 Å². The summed E-state index contributed by atoms with van der Waals surface area (Å²) in [5.41, 5.74) is -1.29. The average Bonchev–Trinajstić information content (AvgIpc) is 3.10. The van der Waals surface area contributed by atoms with Crippen LogP contribution >= 0.6 is 0 Å². The lowest BCUT2D eigenvalue weighted by molar-refractivity contribution is -0.303. The van der Waals surface area contributed by atoms with E-state index in [1.54, 1.807) is 0 Å². The molecule has 0 unspecified atom stereocenters. The number of hydrogen-bond acceptors (Lipinski definition) is 5. The predicted molar refractivity (Wildman–Crippen MR) is 103 cm³/mol. The van der Waals surface area contributed by atoms with Crippen LogP contribution in [0.3, 0.4) is 0 Å². The van der Waals surface area contributed by atoms with Crippen molar-refractivity contribution in [1.82, 2.24) is 0 Å². The Hall–Kier alpha value is -1.01. The number of rotatable bonds is 0. The lowest BCUT2D eigenvalue weighted by Crippen LogP contribution is -2.67. The van der Waals surface area contributed by atoms with Crippen LogP contribution in [0.5, 0.6) is 0 Å². The third-order valence-corrected chi connectivity index (χ3v) is 8.71. The van der Waals surface area contributed by atoms with E-state index in [1.807, 2.05) is 32.9 Å². The van der Waals surface area contributed by atoms with E-state index in [2.05, 4.69) is 20.8 Å². The molecule has 0 aromatic heterocycles. The van der Waals surface area contributed by atoms with Crippen LogP contribution in [-0.2, 0) is 14.3 Å². The second-order valence-corrected chi connectivity index (χ2v) is 10.9. The molecule has 28 heavy (non-hydrogen) atoms. The first-order valence-electron chi connectivity index (χ1n) is 10.5. The maximum absolute atomic E-state index is 14.1. The van der Waals surface area contributed by atoms with E-state index in [-0.39, 0.29) is 29.0 Å². The number of hydrogen-bond donors (Lipinski definition) is 2. The summed E-state index contributed by atoms with van der Waals surface area (Å²) in [6.07, 6.45) is 2.85. The van der Waals surface area contributed by atoms with Gasteiger partial charge in [-0.05, 0) is 61.5 Å². The fraction of sp³-hybridized carbons (Fsp3) is 0.783. The average molecular weight is 389 g/mol. The minimum atomic E-state index is -1.71. The first-order valence-corrected chi connectivity index (χ1v) is 10.5. The zero-order valence-corrected chi connectivity index (χ0v) is 17.7. The molecule has 8 atom stereocenters. The molecule has 5 heteroatoms. The monoisotopic (exact) mass is 388 g/mol. The van der Waals surface area contributed by atoms with E-state index in [1.165, 1.54) is 0 Å². The summed E-state index contributed by atoms with van der Waals surface area (Å²) in [5.74, 6) is -0.504. The zero-order valence-electron chi connectivity index (χ0n) is 17.7. The molecule has 0 aromatic carbocycles. The van der Waals surface area contributed by atoms with Crippen molar-refractivity contribution in [2.75, 3.05) is 6.61 Å². The number of carbonyl (C=O) groups is 1. The standard InChI is InChI=1S/C23H32O5/c1-11-9-22-12(2)7-15-16(20(15,3)4)14(18(22)25)8-13-10-27-21(5,6)28-19(13)23(22,26)17(11)24/h8-9,12,14-17,19,24,26H,7,10H2,1-6H3/t12-,14+,15-,16-,17+,19-,22-,23-/m1/s1. The van der Waals surface area contributed by atoms with Gasteiger partial charge in [0.1, 0.15) is 17.8 Å². The minimum Gasteiger partial charge on any atom is -0.386 e. The molecule has 2 N–H and O–H groups in total. The molecule has 3 fully saturated rings. The number of ketones is 1. The number of aliphatic hydroxyl groups is 2. The normalized spacial score (nSPS) is 53.1. The summed E-state index contributed by atoms with van der Waals surface area (Å²) in [6.45, 7) is 12.3. The topological polar surface area (TPSA) is 76.0 Å². The Kier molecular flexibility index (Phi) is 3.51. The van der Waals surface area contributed by atoms with Gasteiger partial charge in [0.15, 0.2) is 11.6 Å². The fourth-order valence-electron chi connectivity index (χ4n) is 7.14. The van der Waals surface area contributed by atoms with Crippen LogP contribution < -0.4 is 0 Å². The van der Waals surface area contributed by atoms with Crippen LogP contribution in [0.1, 0.15) is 48.0 Å². The molecule has 0 aromatic rings. The summed E-state index contributed by atoms with van der Waals surface area (Å²) in [4.78, 5) is 14.1. The summed E-state index contributed by atoms with van der Waals surface area (Å²) >= 11 is 0. The molecule has 2 saturated carbocycles. The van der Waals surface area contributed by atoms with Gasteiger partial charge < -0.3 is 19.7 Å². The molecule has 1 aliphatic heterocycles. The molecule has 0 amide bonds. The Morgan fingerprint density at radius 2 is 1.89 bits per heavy atom. The first-order chi connectivity index (χ1) is 12.9. The van der Waals surface area contributed by atoms with Crippen molar-refractivity contribution in [2.24, 2.45) is 34.5 Å². The van der Waals surface area contributed by atoms with Crippen LogP contribution in [0.4, 0.5) is 0 Å². The second kappa shape index (κ2) is 5.18. The van der Waals surface area contributed by atoms with Crippen molar-refractivity contribution in [3.05, 3.63) is 23.3 Å². The Morgan fingerprint density at radius 3 is 2.57 bits per heavy atom. The van der Waals surface area contributed by atoms with Gasteiger partial charge in [0, 0.05) is 5.92 Å². The first kappa shape index (κ1) is 19.0. The molecule has 5 nitrogen and oxygen atoms in total. The van der Waals surface area contributed by atoms with E-state index in [0.717, 1.165) is 12.0 Å². The summed E-state index contributed by atoms with van der Waals surface area (Å²) in [6, 6.07) is 0. The summed E-state index contributed by atoms with van der Waals surface area (Å²) in [5, 5.41) is 23.4.